The van der Waals surface area contributed by atoms with E-state index < -0.39 is 35.0 Å². The molecular formula is C25H28F4N4O2. The van der Waals surface area contributed by atoms with Crippen molar-refractivity contribution < 1.29 is 27.2 Å². The lowest BCUT2D eigenvalue weighted by molar-refractivity contribution is -0.137. The third kappa shape index (κ3) is 5.98. The molecule has 2 atom stereocenters. The number of hydrogen-bond donors (Lipinski definition) is 2. The number of hydrogen-bond acceptors (Lipinski definition) is 4. The Kier molecular flexibility index (Phi) is 7.23. The van der Waals surface area contributed by atoms with Gasteiger partial charge in [-0.15, -0.1) is 0 Å². The molecule has 0 bridgehead atoms. The van der Waals surface area contributed by atoms with E-state index >= 15 is 0 Å². The molecule has 2 aromatic rings. The summed E-state index contributed by atoms with van der Waals surface area (Å²) in [7, 11) is 0. The quantitative estimate of drug-likeness (QED) is 0.568. The number of carbonyl (C=O) groups excluding carboxylic acids is 2. The predicted octanol–water partition coefficient (Wildman–Crippen LogP) is 4.80. The first kappa shape index (κ1) is 26.2. The summed E-state index contributed by atoms with van der Waals surface area (Å²) >= 11 is 0. The number of halogens is 4. The average molecular weight is 493 g/mol. The van der Waals surface area contributed by atoms with Gasteiger partial charge in [0.15, 0.2) is 5.96 Å². The van der Waals surface area contributed by atoms with Gasteiger partial charge in [0, 0.05) is 5.56 Å². The Balaban J connectivity index is 1.76. The van der Waals surface area contributed by atoms with Gasteiger partial charge in [-0.05, 0) is 61.2 Å². The third-order valence-corrected chi connectivity index (χ3v) is 6.35. The molecule has 10 heteroatoms. The molecular weight excluding hydrogens is 464 g/mol. The highest BCUT2D eigenvalue weighted by Crippen LogP contribution is 2.31. The van der Waals surface area contributed by atoms with Crippen molar-refractivity contribution in [2.45, 2.75) is 58.4 Å². The van der Waals surface area contributed by atoms with Gasteiger partial charge in [-0.25, -0.2) is 9.38 Å². The number of nitrogens with two attached hydrogens (primary N) is 1. The minimum absolute atomic E-state index is 0.00532. The van der Waals surface area contributed by atoms with E-state index in [2.05, 4.69) is 10.3 Å². The van der Waals surface area contributed by atoms with Crippen molar-refractivity contribution in [1.82, 2.24) is 10.2 Å². The number of aliphatic imine (C=N–C) groups is 1. The van der Waals surface area contributed by atoms with E-state index in [0.717, 1.165) is 18.2 Å². The maximum absolute atomic E-state index is 14.3. The van der Waals surface area contributed by atoms with Gasteiger partial charge in [-0.2, -0.15) is 13.2 Å². The average Bonchev–Trinajstić information content (AvgIpc) is 2.75. The van der Waals surface area contributed by atoms with Crippen LogP contribution in [-0.2, 0) is 17.5 Å². The molecule has 0 aromatic heterocycles. The summed E-state index contributed by atoms with van der Waals surface area (Å²) in [6.07, 6.45) is -4.31. The SMILES string of the molecule is CC(NC(=O)c1cc(F)cc(CN2C(=O)CC(C)(C(C)C)N=C2N)c1)c1ccc(C(F)(F)F)cc1. The van der Waals surface area contributed by atoms with Crippen LogP contribution in [0.4, 0.5) is 17.6 Å². The maximum atomic E-state index is 14.3. The van der Waals surface area contributed by atoms with Crippen molar-refractivity contribution in [3.8, 4) is 0 Å². The molecule has 3 rings (SSSR count). The van der Waals surface area contributed by atoms with Crippen molar-refractivity contribution in [1.29, 1.82) is 0 Å². The minimum atomic E-state index is -4.46. The van der Waals surface area contributed by atoms with E-state index in [1.165, 1.54) is 29.2 Å². The smallest absolute Gasteiger partial charge is 0.369 e. The zero-order valence-corrected chi connectivity index (χ0v) is 19.9. The van der Waals surface area contributed by atoms with E-state index in [0.29, 0.717) is 11.1 Å². The van der Waals surface area contributed by atoms with Crippen molar-refractivity contribution in [3.63, 3.8) is 0 Å². The number of rotatable bonds is 6. The van der Waals surface area contributed by atoms with Gasteiger partial charge in [-0.3, -0.25) is 14.5 Å². The third-order valence-electron chi connectivity index (χ3n) is 6.35. The predicted molar refractivity (Wildman–Crippen MR) is 124 cm³/mol. The summed E-state index contributed by atoms with van der Waals surface area (Å²) in [6, 6.07) is 7.48. The van der Waals surface area contributed by atoms with Crippen LogP contribution in [0, 0.1) is 11.7 Å². The highest BCUT2D eigenvalue weighted by molar-refractivity contribution is 5.99. The number of guanidine groups is 1. The molecule has 2 aromatic carbocycles. The largest absolute Gasteiger partial charge is 0.416 e. The summed E-state index contributed by atoms with van der Waals surface area (Å²) in [5, 5.41) is 2.65. The van der Waals surface area contributed by atoms with Crippen molar-refractivity contribution in [2.75, 3.05) is 0 Å². The molecule has 2 amide bonds. The van der Waals surface area contributed by atoms with Gasteiger partial charge in [0.05, 0.1) is 30.1 Å². The number of amides is 2. The summed E-state index contributed by atoms with van der Waals surface area (Å²) in [5.74, 6) is -1.43. The molecule has 1 aliphatic heterocycles. The number of nitrogens with zero attached hydrogens (tertiary/aromatic N) is 2. The Bertz CT molecular complexity index is 1150. The normalized spacial score (nSPS) is 19.5. The second kappa shape index (κ2) is 9.67. The lowest BCUT2D eigenvalue weighted by Gasteiger charge is -2.37. The molecule has 0 saturated heterocycles. The zero-order valence-electron chi connectivity index (χ0n) is 19.9. The summed E-state index contributed by atoms with van der Waals surface area (Å²) in [5.41, 5.74) is 5.43. The van der Waals surface area contributed by atoms with Crippen LogP contribution in [-0.4, -0.2) is 28.2 Å². The van der Waals surface area contributed by atoms with E-state index in [4.69, 9.17) is 5.73 Å². The van der Waals surface area contributed by atoms with Crippen LogP contribution in [0.5, 0.6) is 0 Å². The van der Waals surface area contributed by atoms with Crippen LogP contribution in [0.15, 0.2) is 47.5 Å². The Morgan fingerprint density at radius 3 is 2.34 bits per heavy atom. The summed E-state index contributed by atoms with van der Waals surface area (Å²) in [6.45, 7) is 7.29. The number of benzene rings is 2. The Morgan fingerprint density at radius 2 is 1.80 bits per heavy atom. The van der Waals surface area contributed by atoms with Crippen LogP contribution in [0.2, 0.25) is 0 Å². The molecule has 0 spiro atoms. The highest BCUT2D eigenvalue weighted by Gasteiger charge is 2.38. The van der Waals surface area contributed by atoms with Crippen LogP contribution >= 0.6 is 0 Å². The Morgan fingerprint density at radius 1 is 1.17 bits per heavy atom. The topological polar surface area (TPSA) is 87.8 Å². The van der Waals surface area contributed by atoms with Gasteiger partial charge < -0.3 is 11.1 Å². The van der Waals surface area contributed by atoms with E-state index in [1.807, 2.05) is 20.8 Å². The second-order valence-corrected chi connectivity index (χ2v) is 9.30. The second-order valence-electron chi connectivity index (χ2n) is 9.30. The van der Waals surface area contributed by atoms with E-state index in [1.54, 1.807) is 6.92 Å². The van der Waals surface area contributed by atoms with Crippen LogP contribution in [0.3, 0.4) is 0 Å². The minimum Gasteiger partial charge on any atom is -0.369 e. The maximum Gasteiger partial charge on any atom is 0.416 e. The molecule has 6 nitrogen and oxygen atoms in total. The van der Waals surface area contributed by atoms with Crippen molar-refractivity contribution in [3.05, 3.63) is 70.5 Å². The fourth-order valence-corrected chi connectivity index (χ4v) is 3.77. The molecule has 188 valence electrons. The van der Waals surface area contributed by atoms with Gasteiger partial charge in [0.1, 0.15) is 5.82 Å². The fraction of sp³-hybridized carbons (Fsp3) is 0.400. The lowest BCUT2D eigenvalue weighted by atomic mass is 9.84. The van der Waals surface area contributed by atoms with E-state index in [9.17, 15) is 27.2 Å². The first-order valence-corrected chi connectivity index (χ1v) is 11.1. The molecule has 2 unspecified atom stereocenters. The van der Waals surface area contributed by atoms with Crippen LogP contribution < -0.4 is 11.1 Å². The molecule has 1 heterocycles. The van der Waals surface area contributed by atoms with Gasteiger partial charge in [0.2, 0.25) is 5.91 Å². The zero-order chi connectivity index (χ0) is 26.1. The molecule has 35 heavy (non-hydrogen) atoms. The number of nitrogens with one attached hydrogen (secondary N) is 1. The van der Waals surface area contributed by atoms with Crippen molar-refractivity contribution in [2.24, 2.45) is 16.6 Å². The first-order valence-electron chi connectivity index (χ1n) is 11.1. The van der Waals surface area contributed by atoms with E-state index in [-0.39, 0.29) is 36.3 Å². The number of carbonyl (C=O) groups is 2. The van der Waals surface area contributed by atoms with Crippen molar-refractivity contribution >= 4 is 17.8 Å². The molecule has 0 fully saturated rings. The lowest BCUT2D eigenvalue weighted by Crippen LogP contribution is -2.51. The molecule has 3 N–H and O–H groups in total. The van der Waals surface area contributed by atoms with Gasteiger partial charge in [-0.1, -0.05) is 26.0 Å². The molecule has 1 aliphatic rings. The molecule has 0 saturated carbocycles. The standard InChI is InChI=1S/C25H28F4N4O2/c1-14(2)24(4)12-21(34)33(23(30)32-24)13-16-9-18(11-20(26)10-16)22(35)31-15(3)17-5-7-19(8-6-17)25(27,28)29/h5-11,14-15H,12-13H2,1-4H3,(H2,30,32)(H,31,35). The van der Waals surface area contributed by atoms with Crippen LogP contribution in [0.1, 0.15) is 67.2 Å². The fourth-order valence-electron chi connectivity index (χ4n) is 3.77. The molecule has 0 radical (unpaired) electrons. The Labute approximate surface area is 201 Å². The summed E-state index contributed by atoms with van der Waals surface area (Å²) < 4.78 is 52.6. The van der Waals surface area contributed by atoms with Gasteiger partial charge in [0.25, 0.3) is 5.91 Å². The highest BCUT2D eigenvalue weighted by atomic mass is 19.4. The number of alkyl halides is 3. The summed E-state index contributed by atoms with van der Waals surface area (Å²) in [4.78, 5) is 31.2. The monoisotopic (exact) mass is 492 g/mol. The Hall–Kier alpha value is -3.43. The van der Waals surface area contributed by atoms with Gasteiger partial charge >= 0.3 is 6.18 Å². The van der Waals surface area contributed by atoms with Crippen LogP contribution in [0.25, 0.3) is 0 Å². The first-order chi connectivity index (χ1) is 16.2. The molecule has 0 aliphatic carbocycles.